The number of aromatic nitrogens is 1. The van der Waals surface area contributed by atoms with Gasteiger partial charge >= 0.3 is 6.03 Å². The van der Waals surface area contributed by atoms with Gasteiger partial charge in [0.25, 0.3) is 0 Å². The first-order chi connectivity index (χ1) is 21.5. The zero-order chi connectivity index (χ0) is 32.2. The van der Waals surface area contributed by atoms with Crippen molar-refractivity contribution in [2.75, 3.05) is 50.5 Å². The van der Waals surface area contributed by atoms with Crippen LogP contribution in [0.5, 0.6) is 0 Å². The molecule has 0 bridgehead atoms. The minimum absolute atomic E-state index is 0.166. The number of carbonyl (C=O) groups excluding carboxylic acids is 3. The summed E-state index contributed by atoms with van der Waals surface area (Å²) in [5, 5.41) is 6.98. The molecule has 0 unspecified atom stereocenters. The molecule has 3 aromatic carbocycles. The molecule has 2 atom stereocenters. The summed E-state index contributed by atoms with van der Waals surface area (Å²) >= 11 is 0. The molecular weight excluding hydrogens is 571 g/mol. The van der Waals surface area contributed by atoms with Crippen molar-refractivity contribution in [1.82, 2.24) is 20.1 Å². The quantitative estimate of drug-likeness (QED) is 0.216. The fraction of sp³-hybridized carbons (Fsp3) is 0.343. The van der Waals surface area contributed by atoms with Crippen LogP contribution in [0, 0.1) is 12.7 Å². The number of urea groups is 1. The number of piperazine rings is 1. The normalized spacial score (nSPS) is 14.8. The van der Waals surface area contributed by atoms with E-state index in [0.717, 1.165) is 33.3 Å². The second-order valence-electron chi connectivity index (χ2n) is 12.1. The molecule has 236 valence electrons. The molecule has 0 aliphatic carbocycles. The SMILES string of the molecule is CC(=O)c1ccc(CN(C)C)cc1NC(=O)[C@H](NC(=O)N1CCN(c2ccc(F)cc2C)CC1)[C@H](C)c1c[nH]c2ccccc12. The fourth-order valence-corrected chi connectivity index (χ4v) is 6.09. The lowest BCUT2D eigenvalue weighted by Gasteiger charge is -2.37. The van der Waals surface area contributed by atoms with E-state index in [4.69, 9.17) is 0 Å². The summed E-state index contributed by atoms with van der Waals surface area (Å²) in [6.45, 7) is 7.95. The molecule has 1 saturated heterocycles. The second kappa shape index (κ2) is 13.5. The molecule has 10 heteroatoms. The van der Waals surface area contributed by atoms with Crippen LogP contribution in [0.15, 0.2) is 66.9 Å². The number of nitrogens with zero attached hydrogens (tertiary/aromatic N) is 3. The number of Topliss-reactive ketones (excluding diaryl/α,β-unsaturated/α-hetero) is 1. The molecule has 1 aliphatic rings. The molecule has 0 spiro atoms. The predicted octanol–water partition coefficient (Wildman–Crippen LogP) is 5.52. The highest BCUT2D eigenvalue weighted by molar-refractivity contribution is 6.06. The van der Waals surface area contributed by atoms with Crippen LogP contribution < -0.4 is 15.5 Å². The number of aromatic amines is 1. The smallest absolute Gasteiger partial charge is 0.318 e. The summed E-state index contributed by atoms with van der Waals surface area (Å²) in [6.07, 6.45) is 1.88. The third kappa shape index (κ3) is 7.17. The van der Waals surface area contributed by atoms with Crippen LogP contribution in [0.25, 0.3) is 10.9 Å². The van der Waals surface area contributed by atoms with Crippen LogP contribution in [-0.4, -0.2) is 78.8 Å². The molecule has 9 nitrogen and oxygen atoms in total. The standard InChI is InChI=1S/C35H41FN6O3/c1-22-18-26(36)11-13-32(22)41-14-16-42(17-15-41)35(45)39-33(23(2)29-20-37-30-9-7-6-8-28(29)30)34(44)38-31-19-25(21-40(4)5)10-12-27(31)24(3)43/h6-13,18-20,23,33,37H,14-17,21H2,1-5H3,(H,38,44)(H,39,45)/t23-,33-/m1/s1. The van der Waals surface area contributed by atoms with E-state index in [1.807, 2.05) is 75.4 Å². The summed E-state index contributed by atoms with van der Waals surface area (Å²) < 4.78 is 13.7. The van der Waals surface area contributed by atoms with Gasteiger partial charge in [-0.25, -0.2) is 9.18 Å². The molecule has 45 heavy (non-hydrogen) atoms. The number of hydrogen-bond donors (Lipinski definition) is 3. The van der Waals surface area contributed by atoms with Gasteiger partial charge in [-0.05, 0) is 81.0 Å². The Balaban J connectivity index is 1.39. The van der Waals surface area contributed by atoms with Crippen molar-refractivity contribution >= 4 is 40.0 Å². The minimum Gasteiger partial charge on any atom is -0.368 e. The van der Waals surface area contributed by atoms with Gasteiger partial charge < -0.3 is 30.3 Å². The van der Waals surface area contributed by atoms with Crippen molar-refractivity contribution in [3.8, 4) is 0 Å². The molecule has 3 amide bonds. The van der Waals surface area contributed by atoms with E-state index in [0.29, 0.717) is 44.0 Å². The van der Waals surface area contributed by atoms with Crippen molar-refractivity contribution in [2.24, 2.45) is 0 Å². The van der Waals surface area contributed by atoms with Crippen LogP contribution in [0.4, 0.5) is 20.6 Å². The fourth-order valence-electron chi connectivity index (χ4n) is 6.09. The van der Waals surface area contributed by atoms with Gasteiger partial charge in [0, 0.05) is 67.0 Å². The van der Waals surface area contributed by atoms with E-state index in [2.05, 4.69) is 20.5 Å². The van der Waals surface area contributed by atoms with Crippen molar-refractivity contribution in [2.45, 2.75) is 39.3 Å². The van der Waals surface area contributed by atoms with E-state index in [1.54, 1.807) is 17.0 Å². The number of H-pyrrole nitrogens is 1. The van der Waals surface area contributed by atoms with Gasteiger partial charge in [0.05, 0.1) is 5.69 Å². The Bertz CT molecular complexity index is 1710. The number of anilines is 2. The number of hydrogen-bond acceptors (Lipinski definition) is 5. The molecule has 0 saturated carbocycles. The Kier molecular flexibility index (Phi) is 9.53. The molecular formula is C35H41FN6O3. The highest BCUT2D eigenvalue weighted by atomic mass is 19.1. The molecule has 1 aliphatic heterocycles. The van der Waals surface area contributed by atoms with Crippen molar-refractivity contribution in [3.05, 3.63) is 94.9 Å². The number of aryl methyl sites for hydroxylation is 1. The number of para-hydroxylation sites is 1. The van der Waals surface area contributed by atoms with Crippen LogP contribution in [0.3, 0.4) is 0 Å². The number of rotatable bonds is 9. The molecule has 4 aromatic rings. The lowest BCUT2D eigenvalue weighted by atomic mass is 9.92. The number of ketones is 1. The van der Waals surface area contributed by atoms with E-state index in [-0.39, 0.29) is 17.6 Å². The highest BCUT2D eigenvalue weighted by Crippen LogP contribution is 2.29. The zero-order valence-electron chi connectivity index (χ0n) is 26.5. The Morgan fingerprint density at radius 2 is 1.73 bits per heavy atom. The third-order valence-electron chi connectivity index (χ3n) is 8.46. The maximum atomic E-state index is 14.1. The molecule has 0 radical (unpaired) electrons. The zero-order valence-corrected chi connectivity index (χ0v) is 26.5. The molecule has 1 fully saturated rings. The summed E-state index contributed by atoms with van der Waals surface area (Å²) in [4.78, 5) is 49.4. The lowest BCUT2D eigenvalue weighted by Crippen LogP contribution is -2.56. The monoisotopic (exact) mass is 612 g/mol. The van der Waals surface area contributed by atoms with Crippen LogP contribution in [-0.2, 0) is 11.3 Å². The van der Waals surface area contributed by atoms with Crippen molar-refractivity contribution < 1.29 is 18.8 Å². The first-order valence-corrected chi connectivity index (χ1v) is 15.2. The Morgan fingerprint density at radius 3 is 2.42 bits per heavy atom. The highest BCUT2D eigenvalue weighted by Gasteiger charge is 2.33. The van der Waals surface area contributed by atoms with Crippen LogP contribution in [0.1, 0.15) is 46.8 Å². The van der Waals surface area contributed by atoms with Crippen molar-refractivity contribution in [1.29, 1.82) is 0 Å². The number of halogens is 1. The van der Waals surface area contributed by atoms with E-state index in [9.17, 15) is 18.8 Å². The third-order valence-corrected chi connectivity index (χ3v) is 8.46. The van der Waals surface area contributed by atoms with Gasteiger partial charge in [0.1, 0.15) is 11.9 Å². The number of benzene rings is 3. The second-order valence-corrected chi connectivity index (χ2v) is 12.1. The lowest BCUT2D eigenvalue weighted by molar-refractivity contribution is -0.118. The average molecular weight is 613 g/mol. The molecule has 1 aromatic heterocycles. The summed E-state index contributed by atoms with van der Waals surface area (Å²) in [5.74, 6) is -1.26. The summed E-state index contributed by atoms with van der Waals surface area (Å²) in [5.41, 5.74) is 5.39. The average Bonchev–Trinajstić information content (AvgIpc) is 3.43. The number of amides is 3. The first kappa shape index (κ1) is 31.7. The van der Waals surface area contributed by atoms with Gasteiger partial charge in [-0.15, -0.1) is 0 Å². The largest absolute Gasteiger partial charge is 0.368 e. The molecule has 2 heterocycles. The van der Waals surface area contributed by atoms with Crippen LogP contribution in [0.2, 0.25) is 0 Å². The number of carbonyl (C=O) groups is 3. The molecule has 5 rings (SSSR count). The first-order valence-electron chi connectivity index (χ1n) is 15.2. The van der Waals surface area contributed by atoms with Gasteiger partial charge in [-0.2, -0.15) is 0 Å². The van der Waals surface area contributed by atoms with Gasteiger partial charge in [-0.1, -0.05) is 31.2 Å². The molecule has 3 N–H and O–H groups in total. The van der Waals surface area contributed by atoms with Gasteiger partial charge in [-0.3, -0.25) is 9.59 Å². The maximum absolute atomic E-state index is 14.1. The predicted molar refractivity (Wildman–Crippen MR) is 176 cm³/mol. The van der Waals surface area contributed by atoms with Crippen LogP contribution >= 0.6 is 0 Å². The number of nitrogens with one attached hydrogen (secondary N) is 3. The topological polar surface area (TPSA) is 101 Å². The summed E-state index contributed by atoms with van der Waals surface area (Å²) in [7, 11) is 3.90. The number of fused-ring (bicyclic) bond motifs is 1. The Morgan fingerprint density at radius 1 is 1.00 bits per heavy atom. The van der Waals surface area contributed by atoms with Crippen molar-refractivity contribution in [3.63, 3.8) is 0 Å². The Labute approximate surface area is 263 Å². The minimum atomic E-state index is -0.939. The van der Waals surface area contributed by atoms with Gasteiger partial charge in [0.15, 0.2) is 5.78 Å². The van der Waals surface area contributed by atoms with E-state index < -0.39 is 17.9 Å². The van der Waals surface area contributed by atoms with E-state index >= 15 is 0 Å². The van der Waals surface area contributed by atoms with Gasteiger partial charge in [0.2, 0.25) is 5.91 Å². The Hall–Kier alpha value is -4.70. The van der Waals surface area contributed by atoms with E-state index in [1.165, 1.54) is 19.1 Å². The maximum Gasteiger partial charge on any atom is 0.318 e. The summed E-state index contributed by atoms with van der Waals surface area (Å²) in [6, 6.07) is 16.7.